The van der Waals surface area contributed by atoms with Crippen molar-refractivity contribution in [3.63, 3.8) is 0 Å². The number of carboxylic acid groups (broad SMARTS) is 1. The molecule has 1 aliphatic carbocycles. The van der Waals surface area contributed by atoms with E-state index in [2.05, 4.69) is 5.32 Å². The van der Waals surface area contributed by atoms with Crippen LogP contribution in [-0.2, 0) is 19.7 Å². The second-order valence-corrected chi connectivity index (χ2v) is 7.28. The Morgan fingerprint density at radius 3 is 2.32 bits per heavy atom. The van der Waals surface area contributed by atoms with Crippen LogP contribution in [0.4, 0.5) is 10.5 Å². The lowest BCUT2D eigenvalue weighted by Gasteiger charge is -2.33. The summed E-state index contributed by atoms with van der Waals surface area (Å²) in [5.41, 5.74) is -1.50. The zero-order valence-electron chi connectivity index (χ0n) is 14.6. The number of Topliss-reactive ketones (excluding diaryl/α,β-unsaturated/α-hetero) is 1. The number of rotatable bonds is 3. The quantitative estimate of drug-likeness (QED) is 0.722. The van der Waals surface area contributed by atoms with Crippen molar-refractivity contribution in [2.45, 2.75) is 57.5 Å². The van der Waals surface area contributed by atoms with Crippen LogP contribution in [0.1, 0.15) is 52.0 Å². The highest BCUT2D eigenvalue weighted by Crippen LogP contribution is 2.43. The van der Waals surface area contributed by atoms with Gasteiger partial charge in [0, 0.05) is 24.1 Å². The van der Waals surface area contributed by atoms with E-state index in [1.165, 1.54) is 18.2 Å². The van der Waals surface area contributed by atoms with Crippen molar-refractivity contribution in [2.24, 2.45) is 0 Å². The monoisotopic (exact) mass is 349 g/mol. The Kier molecular flexibility index (Phi) is 5.06. The van der Waals surface area contributed by atoms with E-state index in [4.69, 9.17) is 4.74 Å². The van der Waals surface area contributed by atoms with Crippen molar-refractivity contribution in [3.05, 3.63) is 23.8 Å². The lowest BCUT2D eigenvalue weighted by atomic mass is 9.68. The number of carbonyl (C=O) groups is 3. The predicted molar refractivity (Wildman–Crippen MR) is 90.8 cm³/mol. The molecule has 0 heterocycles. The number of nitrogens with one attached hydrogen (secondary N) is 1. The van der Waals surface area contributed by atoms with Gasteiger partial charge in [-0.15, -0.1) is 0 Å². The molecule has 136 valence electrons. The van der Waals surface area contributed by atoms with Crippen molar-refractivity contribution in [1.29, 1.82) is 0 Å². The molecular weight excluding hydrogens is 326 g/mol. The number of anilines is 1. The van der Waals surface area contributed by atoms with Crippen molar-refractivity contribution in [3.8, 4) is 5.75 Å². The maximum absolute atomic E-state index is 11.9. The predicted octanol–water partition coefficient (Wildman–Crippen LogP) is 3.20. The third kappa shape index (κ3) is 4.29. The van der Waals surface area contributed by atoms with E-state index in [-0.39, 0.29) is 42.8 Å². The first-order valence-corrected chi connectivity index (χ1v) is 8.12. The van der Waals surface area contributed by atoms with E-state index in [0.29, 0.717) is 5.69 Å². The normalized spacial score (nSPS) is 17.0. The number of aromatic hydroxyl groups is 1. The van der Waals surface area contributed by atoms with Crippen molar-refractivity contribution >= 4 is 23.5 Å². The molecule has 1 fully saturated rings. The number of ether oxygens (including phenoxy) is 1. The Hall–Kier alpha value is -2.57. The number of hydrogen-bond acceptors (Lipinski definition) is 5. The van der Waals surface area contributed by atoms with Crippen molar-refractivity contribution < 1.29 is 29.3 Å². The Morgan fingerprint density at radius 2 is 1.80 bits per heavy atom. The molecule has 0 spiro atoms. The summed E-state index contributed by atoms with van der Waals surface area (Å²) in [6, 6.07) is 4.23. The number of amides is 1. The molecule has 0 saturated heterocycles. The van der Waals surface area contributed by atoms with Gasteiger partial charge in [0.25, 0.3) is 0 Å². The van der Waals surface area contributed by atoms with Gasteiger partial charge in [0.2, 0.25) is 0 Å². The third-order valence-electron chi connectivity index (χ3n) is 4.23. The molecule has 0 atom stereocenters. The molecule has 25 heavy (non-hydrogen) atoms. The number of carboxylic acids is 1. The molecule has 7 heteroatoms. The minimum absolute atomic E-state index is 0.0133. The molecule has 1 amide bonds. The van der Waals surface area contributed by atoms with Gasteiger partial charge in [-0.1, -0.05) is 0 Å². The molecule has 1 aliphatic rings. The molecule has 1 saturated carbocycles. The van der Waals surface area contributed by atoms with Crippen LogP contribution in [0.15, 0.2) is 18.2 Å². The number of benzene rings is 1. The van der Waals surface area contributed by atoms with Gasteiger partial charge in [0.15, 0.2) is 0 Å². The van der Waals surface area contributed by atoms with Crippen LogP contribution in [-0.4, -0.2) is 33.7 Å². The summed E-state index contributed by atoms with van der Waals surface area (Å²) in [5.74, 6) is -1.25. The summed E-state index contributed by atoms with van der Waals surface area (Å²) >= 11 is 0. The van der Waals surface area contributed by atoms with Gasteiger partial charge < -0.3 is 14.9 Å². The number of phenols is 1. The Bertz CT molecular complexity index is 694. The van der Waals surface area contributed by atoms with Gasteiger partial charge in [-0.3, -0.25) is 14.9 Å². The van der Waals surface area contributed by atoms with Crippen LogP contribution in [0.2, 0.25) is 0 Å². The minimum atomic E-state index is -1.34. The first-order valence-electron chi connectivity index (χ1n) is 8.12. The summed E-state index contributed by atoms with van der Waals surface area (Å²) in [5, 5.41) is 22.5. The highest BCUT2D eigenvalue weighted by atomic mass is 16.6. The third-order valence-corrected chi connectivity index (χ3v) is 4.23. The Morgan fingerprint density at radius 1 is 1.20 bits per heavy atom. The first-order chi connectivity index (χ1) is 11.5. The van der Waals surface area contributed by atoms with Gasteiger partial charge >= 0.3 is 12.1 Å². The molecule has 0 bridgehead atoms. The number of aliphatic carboxylic acids is 1. The van der Waals surface area contributed by atoms with E-state index in [0.717, 1.165) is 0 Å². The van der Waals surface area contributed by atoms with Crippen molar-refractivity contribution in [2.75, 3.05) is 5.32 Å². The molecule has 1 aromatic carbocycles. The molecule has 0 aliphatic heterocycles. The molecule has 3 N–H and O–H groups in total. The van der Waals surface area contributed by atoms with Crippen LogP contribution in [0.3, 0.4) is 0 Å². The first kappa shape index (κ1) is 18.8. The molecule has 0 radical (unpaired) electrons. The fourth-order valence-electron chi connectivity index (χ4n) is 2.97. The zero-order chi connectivity index (χ0) is 18.8. The molecule has 0 aromatic heterocycles. The van der Waals surface area contributed by atoms with Gasteiger partial charge in [0.05, 0.1) is 5.41 Å². The van der Waals surface area contributed by atoms with E-state index < -0.39 is 23.1 Å². The second kappa shape index (κ2) is 6.74. The molecule has 2 rings (SSSR count). The Labute approximate surface area is 146 Å². The van der Waals surface area contributed by atoms with E-state index in [9.17, 15) is 24.6 Å². The van der Waals surface area contributed by atoms with E-state index >= 15 is 0 Å². The van der Waals surface area contributed by atoms with E-state index in [1.807, 2.05) is 0 Å². The fraction of sp³-hybridized carbons (Fsp3) is 0.500. The van der Waals surface area contributed by atoms with Crippen LogP contribution >= 0.6 is 0 Å². The molecule has 1 aromatic rings. The van der Waals surface area contributed by atoms with Crippen LogP contribution in [0.5, 0.6) is 5.75 Å². The minimum Gasteiger partial charge on any atom is -0.508 e. The highest BCUT2D eigenvalue weighted by molar-refractivity contribution is 5.90. The zero-order valence-corrected chi connectivity index (χ0v) is 14.6. The molecular formula is C18H23NO6. The summed E-state index contributed by atoms with van der Waals surface area (Å²) in [7, 11) is 0. The summed E-state index contributed by atoms with van der Waals surface area (Å²) in [6.07, 6.45) is -0.146. The number of carbonyl (C=O) groups excluding carboxylic acids is 2. The average molecular weight is 349 g/mol. The topological polar surface area (TPSA) is 113 Å². The smallest absolute Gasteiger partial charge is 0.412 e. The van der Waals surface area contributed by atoms with Gasteiger partial charge in [-0.05, 0) is 51.8 Å². The molecule has 0 unspecified atom stereocenters. The SMILES string of the molecule is CC(C)(C)OC(=O)Nc1ccc(O)c(C2(C(=O)O)CCC(=O)CC2)c1. The number of ketones is 1. The largest absolute Gasteiger partial charge is 0.508 e. The standard InChI is InChI=1S/C18H23NO6/c1-17(2,3)25-16(24)19-11-4-5-14(21)13(10-11)18(15(22)23)8-6-12(20)7-9-18/h4-5,10,21H,6-9H2,1-3H3,(H,19,24)(H,22,23). The van der Waals surface area contributed by atoms with Crippen molar-refractivity contribution in [1.82, 2.24) is 0 Å². The van der Waals surface area contributed by atoms with Gasteiger partial charge in [0.1, 0.15) is 17.1 Å². The van der Waals surface area contributed by atoms with Crippen LogP contribution in [0.25, 0.3) is 0 Å². The maximum Gasteiger partial charge on any atom is 0.412 e. The summed E-state index contributed by atoms with van der Waals surface area (Å²) in [6.45, 7) is 5.19. The van der Waals surface area contributed by atoms with E-state index in [1.54, 1.807) is 20.8 Å². The summed E-state index contributed by atoms with van der Waals surface area (Å²) < 4.78 is 5.17. The molecule has 7 nitrogen and oxygen atoms in total. The maximum atomic E-state index is 11.9. The lowest BCUT2D eigenvalue weighted by Crippen LogP contribution is -2.40. The number of hydrogen-bond donors (Lipinski definition) is 3. The highest BCUT2D eigenvalue weighted by Gasteiger charge is 2.45. The fourth-order valence-corrected chi connectivity index (χ4v) is 2.97. The Balaban J connectivity index is 2.33. The van der Waals surface area contributed by atoms with Gasteiger partial charge in [-0.25, -0.2) is 4.79 Å². The number of phenolic OH excluding ortho intramolecular Hbond substituents is 1. The second-order valence-electron chi connectivity index (χ2n) is 7.28. The van der Waals surface area contributed by atoms with Crippen LogP contribution < -0.4 is 5.32 Å². The van der Waals surface area contributed by atoms with Crippen LogP contribution in [0, 0.1) is 0 Å². The lowest BCUT2D eigenvalue weighted by molar-refractivity contribution is -0.146. The average Bonchev–Trinajstić information content (AvgIpc) is 2.48. The van der Waals surface area contributed by atoms with Gasteiger partial charge in [-0.2, -0.15) is 0 Å². The summed E-state index contributed by atoms with van der Waals surface area (Å²) in [4.78, 5) is 35.3.